The predicted molar refractivity (Wildman–Crippen MR) is 182 cm³/mol. The van der Waals surface area contributed by atoms with Gasteiger partial charge in [-0.2, -0.15) is 5.10 Å². The zero-order chi connectivity index (χ0) is 30.5. The van der Waals surface area contributed by atoms with Gasteiger partial charge in [0.25, 0.3) is 0 Å². The van der Waals surface area contributed by atoms with E-state index < -0.39 is 0 Å². The van der Waals surface area contributed by atoms with Gasteiger partial charge in [0.05, 0.1) is 6.20 Å². The standard InChI is InChI=1S/C33H36N4.C3H6.C2H6/c1-23-13-10-11-18-32(23)24(2)19-33(37-28(6)25(3)21-35-37)34-22-29-14-12-17-31(20-29)36-27(5)26(4)30-15-8-7-9-16-30;1-2-3-1;1-2/h7-21,26,34,36H,2,5,22H2,1,3-4,6H3;1-3H2;1-2H3/b33-19-;;. The number of benzene rings is 3. The summed E-state index contributed by atoms with van der Waals surface area (Å²) in [6.07, 6.45) is 8.47. The number of anilines is 1. The summed E-state index contributed by atoms with van der Waals surface area (Å²) in [5.41, 5.74) is 9.88. The van der Waals surface area contributed by atoms with Crippen LogP contribution >= 0.6 is 0 Å². The molecule has 1 aromatic heterocycles. The lowest BCUT2D eigenvalue weighted by Crippen LogP contribution is -2.19. The monoisotopic (exact) mass is 560 g/mol. The van der Waals surface area contributed by atoms with E-state index >= 15 is 0 Å². The maximum Gasteiger partial charge on any atom is 0.128 e. The summed E-state index contributed by atoms with van der Waals surface area (Å²) in [5, 5.41) is 11.7. The Bertz CT molecular complexity index is 1470. The van der Waals surface area contributed by atoms with Crippen molar-refractivity contribution in [1.29, 1.82) is 0 Å². The molecule has 0 radical (unpaired) electrons. The van der Waals surface area contributed by atoms with Gasteiger partial charge in [0.2, 0.25) is 0 Å². The van der Waals surface area contributed by atoms with E-state index in [-0.39, 0.29) is 5.92 Å². The smallest absolute Gasteiger partial charge is 0.128 e. The fourth-order valence-corrected chi connectivity index (χ4v) is 4.29. The van der Waals surface area contributed by atoms with Gasteiger partial charge in [-0.25, -0.2) is 4.68 Å². The molecule has 1 saturated carbocycles. The van der Waals surface area contributed by atoms with Gasteiger partial charge < -0.3 is 10.6 Å². The Morgan fingerprint density at radius 3 is 2.17 bits per heavy atom. The lowest BCUT2D eigenvalue weighted by atomic mass is 9.98. The van der Waals surface area contributed by atoms with Crippen molar-refractivity contribution in [2.24, 2.45) is 0 Å². The van der Waals surface area contributed by atoms with Crippen LogP contribution in [0.1, 0.15) is 79.5 Å². The van der Waals surface area contributed by atoms with Crippen LogP contribution in [0.5, 0.6) is 0 Å². The van der Waals surface area contributed by atoms with E-state index in [0.29, 0.717) is 6.54 Å². The molecule has 0 saturated heterocycles. The first-order valence-corrected chi connectivity index (χ1v) is 15.1. The van der Waals surface area contributed by atoms with E-state index in [1.54, 1.807) is 0 Å². The molecule has 1 unspecified atom stereocenters. The van der Waals surface area contributed by atoms with Gasteiger partial charge in [-0.15, -0.1) is 0 Å². The summed E-state index contributed by atoms with van der Waals surface area (Å²) in [6, 6.07) is 27.2. The van der Waals surface area contributed by atoms with Gasteiger partial charge in [-0.3, -0.25) is 0 Å². The SMILES string of the molecule is C1CC1.C=C(/C=C(/NCc1cccc(NC(=C)C(C)c2ccccc2)c1)n1ncc(C)c1C)c1ccccc1C.CC. The third kappa shape index (κ3) is 9.37. The number of nitrogens with one attached hydrogen (secondary N) is 2. The predicted octanol–water partition coefficient (Wildman–Crippen LogP) is 10.0. The van der Waals surface area contributed by atoms with Crippen LogP contribution in [0, 0.1) is 20.8 Å². The highest BCUT2D eigenvalue weighted by Gasteiger charge is 2.12. The minimum atomic E-state index is 0.205. The molecule has 3 aromatic carbocycles. The highest BCUT2D eigenvalue weighted by Crippen LogP contribution is 2.25. The van der Waals surface area contributed by atoms with Crippen LogP contribution in [0.25, 0.3) is 11.4 Å². The molecule has 42 heavy (non-hydrogen) atoms. The second-order valence-corrected chi connectivity index (χ2v) is 10.6. The summed E-state index contributed by atoms with van der Waals surface area (Å²) in [4.78, 5) is 0. The molecular weight excluding hydrogens is 512 g/mol. The molecule has 1 fully saturated rings. The largest absolute Gasteiger partial charge is 0.366 e. The molecule has 1 atom stereocenters. The number of allylic oxidation sites excluding steroid dienone is 3. The lowest BCUT2D eigenvalue weighted by Gasteiger charge is -2.18. The molecule has 0 amide bonds. The molecular formula is C38H48N4. The summed E-state index contributed by atoms with van der Waals surface area (Å²) in [5.74, 6) is 1.09. The number of aryl methyl sites for hydroxylation is 2. The minimum Gasteiger partial charge on any atom is -0.366 e. The molecule has 1 aliphatic rings. The van der Waals surface area contributed by atoms with Crippen LogP contribution in [0.15, 0.2) is 110 Å². The van der Waals surface area contributed by atoms with E-state index in [0.717, 1.165) is 45.2 Å². The van der Waals surface area contributed by atoms with Gasteiger partial charge in [0.1, 0.15) is 5.82 Å². The van der Waals surface area contributed by atoms with Crippen molar-refractivity contribution in [3.8, 4) is 0 Å². The number of rotatable bonds is 10. The molecule has 4 nitrogen and oxygen atoms in total. The van der Waals surface area contributed by atoms with Crippen LogP contribution in [-0.4, -0.2) is 9.78 Å². The van der Waals surface area contributed by atoms with Crippen LogP contribution < -0.4 is 10.6 Å². The molecule has 5 rings (SSSR count). The molecule has 4 heteroatoms. The van der Waals surface area contributed by atoms with Gasteiger partial charge >= 0.3 is 0 Å². The average Bonchev–Trinajstić information content (AvgIpc) is 3.87. The molecule has 4 aromatic rings. The molecule has 0 aliphatic heterocycles. The second-order valence-electron chi connectivity index (χ2n) is 10.6. The topological polar surface area (TPSA) is 41.9 Å². The maximum absolute atomic E-state index is 4.62. The quantitative estimate of drug-likeness (QED) is 0.190. The normalized spacial score (nSPS) is 12.6. The molecule has 1 aliphatic carbocycles. The molecule has 220 valence electrons. The molecule has 1 heterocycles. The summed E-state index contributed by atoms with van der Waals surface area (Å²) in [7, 11) is 0. The Kier molecular flexibility index (Phi) is 12.4. The summed E-state index contributed by atoms with van der Waals surface area (Å²) < 4.78 is 1.95. The highest BCUT2D eigenvalue weighted by molar-refractivity contribution is 5.79. The van der Waals surface area contributed by atoms with Gasteiger partial charge in [0, 0.05) is 29.5 Å². The Hall–Kier alpha value is -4.31. The number of hydrogen-bond acceptors (Lipinski definition) is 3. The minimum absolute atomic E-state index is 0.205. The third-order valence-corrected chi connectivity index (χ3v) is 7.17. The van der Waals surface area contributed by atoms with E-state index in [4.69, 9.17) is 0 Å². The van der Waals surface area contributed by atoms with Crippen molar-refractivity contribution >= 4 is 17.1 Å². The van der Waals surface area contributed by atoms with E-state index in [2.05, 4.69) is 123 Å². The van der Waals surface area contributed by atoms with Crippen molar-refractivity contribution in [3.05, 3.63) is 144 Å². The van der Waals surface area contributed by atoms with Crippen LogP contribution in [0.4, 0.5) is 5.69 Å². The third-order valence-electron chi connectivity index (χ3n) is 7.17. The number of aromatic nitrogens is 2. The Morgan fingerprint density at radius 2 is 1.55 bits per heavy atom. The van der Waals surface area contributed by atoms with Crippen LogP contribution in [0.3, 0.4) is 0 Å². The first-order valence-electron chi connectivity index (χ1n) is 15.1. The highest BCUT2D eigenvalue weighted by atomic mass is 15.3. The van der Waals surface area contributed by atoms with Gasteiger partial charge in [-0.05, 0) is 72.4 Å². The van der Waals surface area contributed by atoms with E-state index in [1.165, 1.54) is 30.4 Å². The van der Waals surface area contributed by atoms with Crippen molar-refractivity contribution in [2.75, 3.05) is 5.32 Å². The fraction of sp³-hybridized carbons (Fsp3) is 0.289. The number of nitrogens with zero attached hydrogens (tertiary/aromatic N) is 2. The van der Waals surface area contributed by atoms with Crippen molar-refractivity contribution < 1.29 is 0 Å². The average molecular weight is 561 g/mol. The Balaban J connectivity index is 0.000000891. The van der Waals surface area contributed by atoms with Crippen LogP contribution in [-0.2, 0) is 6.54 Å². The Labute approximate surface area is 253 Å². The zero-order valence-electron chi connectivity index (χ0n) is 26.4. The van der Waals surface area contributed by atoms with Gasteiger partial charge in [0.15, 0.2) is 0 Å². The summed E-state index contributed by atoms with van der Waals surface area (Å²) >= 11 is 0. The van der Waals surface area contributed by atoms with Crippen molar-refractivity contribution in [2.45, 2.75) is 73.3 Å². The lowest BCUT2D eigenvalue weighted by molar-refractivity contribution is 0.756. The second kappa shape index (κ2) is 16.2. The van der Waals surface area contributed by atoms with Gasteiger partial charge in [-0.1, -0.05) is 120 Å². The summed E-state index contributed by atoms with van der Waals surface area (Å²) in [6.45, 7) is 21.7. The Morgan fingerprint density at radius 1 is 0.881 bits per heavy atom. The van der Waals surface area contributed by atoms with E-state index in [9.17, 15) is 0 Å². The first-order chi connectivity index (χ1) is 20.3. The fourth-order valence-electron chi connectivity index (χ4n) is 4.29. The van der Waals surface area contributed by atoms with Crippen molar-refractivity contribution in [3.63, 3.8) is 0 Å². The molecule has 2 N–H and O–H groups in total. The molecule has 0 spiro atoms. The maximum atomic E-state index is 4.62. The first kappa shape index (κ1) is 32.2. The molecule has 0 bridgehead atoms. The number of hydrogen-bond donors (Lipinski definition) is 2. The van der Waals surface area contributed by atoms with Crippen LogP contribution in [0.2, 0.25) is 0 Å². The van der Waals surface area contributed by atoms with Crippen molar-refractivity contribution in [1.82, 2.24) is 15.1 Å². The zero-order valence-corrected chi connectivity index (χ0v) is 26.4. The van der Waals surface area contributed by atoms with E-state index in [1.807, 2.05) is 42.9 Å².